The standard InChI is InChI=1S/C14H31N5.HI/c1-4-6-16-14(15)17-11-13(3)12-19-9-7-18(5-2)8-10-19;/h13H,4-12H2,1-3H3,(H3,15,16,17);1H. The highest BCUT2D eigenvalue weighted by molar-refractivity contribution is 14.0. The molecule has 3 N–H and O–H groups in total. The van der Waals surface area contributed by atoms with Crippen LogP contribution in [0, 0.1) is 5.92 Å². The molecule has 1 atom stereocenters. The second kappa shape index (κ2) is 11.6. The third kappa shape index (κ3) is 8.26. The molecule has 0 aromatic heterocycles. The fraction of sp³-hybridized carbons (Fsp3) is 0.929. The zero-order valence-electron chi connectivity index (χ0n) is 13.3. The highest BCUT2D eigenvalue weighted by Gasteiger charge is 2.17. The van der Waals surface area contributed by atoms with Gasteiger partial charge in [-0.2, -0.15) is 0 Å². The van der Waals surface area contributed by atoms with Gasteiger partial charge in [0.05, 0.1) is 0 Å². The van der Waals surface area contributed by atoms with Gasteiger partial charge in [-0.25, -0.2) is 0 Å². The highest BCUT2D eigenvalue weighted by atomic mass is 127. The van der Waals surface area contributed by atoms with E-state index in [2.05, 4.69) is 40.9 Å². The molecule has 0 aliphatic carbocycles. The Labute approximate surface area is 141 Å². The summed E-state index contributed by atoms with van der Waals surface area (Å²) in [6.07, 6.45) is 1.08. The first kappa shape index (κ1) is 19.9. The maximum atomic E-state index is 5.80. The van der Waals surface area contributed by atoms with Gasteiger partial charge in [-0.05, 0) is 18.9 Å². The lowest BCUT2D eigenvalue weighted by atomic mass is 10.1. The first-order valence-corrected chi connectivity index (χ1v) is 7.64. The zero-order chi connectivity index (χ0) is 14.1. The average molecular weight is 397 g/mol. The van der Waals surface area contributed by atoms with Crippen molar-refractivity contribution in [2.45, 2.75) is 27.2 Å². The Balaban J connectivity index is 0.00000361. The van der Waals surface area contributed by atoms with Crippen molar-refractivity contribution in [2.24, 2.45) is 16.6 Å². The van der Waals surface area contributed by atoms with E-state index in [0.717, 1.165) is 26.1 Å². The molecule has 1 aliphatic heterocycles. The third-order valence-electron chi connectivity index (χ3n) is 3.61. The minimum absolute atomic E-state index is 0. The van der Waals surface area contributed by atoms with Gasteiger partial charge in [-0.1, -0.05) is 20.8 Å². The normalized spacial score (nSPS) is 19.4. The molecule has 20 heavy (non-hydrogen) atoms. The summed E-state index contributed by atoms with van der Waals surface area (Å²) in [6.45, 7) is 15.4. The molecular formula is C14H32IN5. The lowest BCUT2D eigenvalue weighted by molar-refractivity contribution is 0.125. The molecule has 1 aliphatic rings. The number of nitrogens with zero attached hydrogens (tertiary/aromatic N) is 3. The van der Waals surface area contributed by atoms with Gasteiger partial charge in [0.15, 0.2) is 5.96 Å². The number of nitrogens with one attached hydrogen (secondary N) is 1. The van der Waals surface area contributed by atoms with Crippen LogP contribution in [-0.4, -0.2) is 68.1 Å². The van der Waals surface area contributed by atoms with Gasteiger partial charge >= 0.3 is 0 Å². The smallest absolute Gasteiger partial charge is 0.188 e. The predicted octanol–water partition coefficient (Wildman–Crippen LogP) is 1.19. The van der Waals surface area contributed by atoms with Gasteiger partial charge in [0.25, 0.3) is 0 Å². The molecule has 0 saturated carbocycles. The van der Waals surface area contributed by atoms with Crippen molar-refractivity contribution in [1.82, 2.24) is 15.1 Å². The fourth-order valence-electron chi connectivity index (χ4n) is 2.35. The van der Waals surface area contributed by atoms with Gasteiger partial charge in [0, 0.05) is 45.8 Å². The topological polar surface area (TPSA) is 56.9 Å². The monoisotopic (exact) mass is 397 g/mol. The van der Waals surface area contributed by atoms with Crippen molar-refractivity contribution in [3.63, 3.8) is 0 Å². The Morgan fingerprint density at radius 3 is 2.35 bits per heavy atom. The first-order chi connectivity index (χ1) is 9.15. The SMILES string of the molecule is CCCNC(N)=NCC(C)CN1CCN(CC)CC1.I. The molecule has 0 amide bonds. The van der Waals surface area contributed by atoms with E-state index < -0.39 is 0 Å². The van der Waals surface area contributed by atoms with Crippen LogP contribution in [0.1, 0.15) is 27.2 Å². The maximum Gasteiger partial charge on any atom is 0.188 e. The number of likely N-dealkylation sites (N-methyl/N-ethyl adjacent to an activating group) is 1. The number of hydrogen-bond acceptors (Lipinski definition) is 3. The molecule has 0 spiro atoms. The summed E-state index contributed by atoms with van der Waals surface area (Å²) in [4.78, 5) is 9.45. The number of rotatable bonds is 7. The quantitative estimate of drug-likeness (QED) is 0.385. The van der Waals surface area contributed by atoms with Gasteiger partial charge in [0.2, 0.25) is 0 Å². The zero-order valence-corrected chi connectivity index (χ0v) is 15.6. The number of piperazine rings is 1. The number of nitrogens with two attached hydrogens (primary N) is 1. The van der Waals surface area contributed by atoms with E-state index in [0.29, 0.717) is 11.9 Å². The van der Waals surface area contributed by atoms with Gasteiger partial charge < -0.3 is 20.9 Å². The summed E-state index contributed by atoms with van der Waals surface area (Å²) in [5.41, 5.74) is 5.80. The van der Waals surface area contributed by atoms with Crippen molar-refractivity contribution in [1.29, 1.82) is 0 Å². The van der Waals surface area contributed by atoms with E-state index in [9.17, 15) is 0 Å². The molecule has 1 unspecified atom stereocenters. The van der Waals surface area contributed by atoms with Crippen LogP contribution < -0.4 is 11.1 Å². The molecule has 0 radical (unpaired) electrons. The molecule has 1 rings (SSSR count). The molecule has 1 saturated heterocycles. The molecule has 6 heteroatoms. The minimum Gasteiger partial charge on any atom is -0.370 e. The molecule has 0 bridgehead atoms. The Hall–Kier alpha value is -0.0800. The van der Waals surface area contributed by atoms with Crippen molar-refractivity contribution in [3.8, 4) is 0 Å². The number of hydrogen-bond donors (Lipinski definition) is 2. The summed E-state index contributed by atoms with van der Waals surface area (Å²) in [5, 5.41) is 3.11. The predicted molar refractivity (Wildman–Crippen MR) is 97.9 cm³/mol. The van der Waals surface area contributed by atoms with E-state index in [-0.39, 0.29) is 24.0 Å². The third-order valence-corrected chi connectivity index (χ3v) is 3.61. The van der Waals surface area contributed by atoms with Crippen LogP contribution in [0.3, 0.4) is 0 Å². The van der Waals surface area contributed by atoms with Crippen molar-refractivity contribution in [3.05, 3.63) is 0 Å². The maximum absolute atomic E-state index is 5.80. The van der Waals surface area contributed by atoms with Crippen LogP contribution in [0.25, 0.3) is 0 Å². The van der Waals surface area contributed by atoms with E-state index in [1.54, 1.807) is 0 Å². The van der Waals surface area contributed by atoms with Gasteiger partial charge in [-0.3, -0.25) is 4.99 Å². The molecule has 0 aromatic carbocycles. The molecule has 1 fully saturated rings. The van der Waals surface area contributed by atoms with Crippen molar-refractivity contribution < 1.29 is 0 Å². The second-order valence-electron chi connectivity index (χ2n) is 5.49. The van der Waals surface area contributed by atoms with Crippen molar-refractivity contribution in [2.75, 3.05) is 52.4 Å². The first-order valence-electron chi connectivity index (χ1n) is 7.64. The number of halogens is 1. The van der Waals surface area contributed by atoms with E-state index >= 15 is 0 Å². The number of guanidine groups is 1. The Kier molecular flexibility index (Phi) is 11.5. The summed E-state index contributed by atoms with van der Waals surface area (Å²) in [6, 6.07) is 0. The van der Waals surface area contributed by atoms with E-state index in [4.69, 9.17) is 5.73 Å². The van der Waals surface area contributed by atoms with Crippen LogP contribution >= 0.6 is 24.0 Å². The average Bonchev–Trinajstić information content (AvgIpc) is 2.43. The summed E-state index contributed by atoms with van der Waals surface area (Å²) >= 11 is 0. The lowest BCUT2D eigenvalue weighted by Gasteiger charge is -2.35. The van der Waals surface area contributed by atoms with Crippen LogP contribution in [0.5, 0.6) is 0 Å². The second-order valence-corrected chi connectivity index (χ2v) is 5.49. The molecule has 1 heterocycles. The van der Waals surface area contributed by atoms with Crippen LogP contribution in [0.15, 0.2) is 4.99 Å². The summed E-state index contributed by atoms with van der Waals surface area (Å²) in [5.74, 6) is 1.15. The molecular weight excluding hydrogens is 365 g/mol. The fourth-order valence-corrected chi connectivity index (χ4v) is 2.35. The lowest BCUT2D eigenvalue weighted by Crippen LogP contribution is -2.47. The largest absolute Gasteiger partial charge is 0.370 e. The molecule has 0 aromatic rings. The Morgan fingerprint density at radius 2 is 1.80 bits per heavy atom. The number of aliphatic imine (C=N–C) groups is 1. The van der Waals surface area contributed by atoms with Gasteiger partial charge in [-0.15, -0.1) is 24.0 Å². The van der Waals surface area contributed by atoms with Crippen LogP contribution in [-0.2, 0) is 0 Å². The van der Waals surface area contributed by atoms with Gasteiger partial charge in [0.1, 0.15) is 0 Å². The van der Waals surface area contributed by atoms with E-state index in [1.807, 2.05) is 0 Å². The highest BCUT2D eigenvalue weighted by Crippen LogP contribution is 2.05. The Bertz CT molecular complexity index is 264. The van der Waals surface area contributed by atoms with Crippen molar-refractivity contribution >= 4 is 29.9 Å². The van der Waals surface area contributed by atoms with E-state index in [1.165, 1.54) is 32.7 Å². The molecule has 5 nitrogen and oxygen atoms in total. The molecule has 120 valence electrons. The summed E-state index contributed by atoms with van der Waals surface area (Å²) < 4.78 is 0. The van der Waals surface area contributed by atoms with Crippen LogP contribution in [0.2, 0.25) is 0 Å². The Morgan fingerprint density at radius 1 is 1.20 bits per heavy atom. The minimum atomic E-state index is 0. The summed E-state index contributed by atoms with van der Waals surface area (Å²) in [7, 11) is 0. The van der Waals surface area contributed by atoms with Crippen LogP contribution in [0.4, 0.5) is 0 Å².